The Kier molecular flexibility index (Phi) is 6.85. The predicted octanol–water partition coefficient (Wildman–Crippen LogP) is 4.89. The minimum Gasteiger partial charge on any atom is -0.508 e. The summed E-state index contributed by atoms with van der Waals surface area (Å²) in [6, 6.07) is 4.23. The third kappa shape index (κ3) is 4.95. The summed E-state index contributed by atoms with van der Waals surface area (Å²) in [5.41, 5.74) is 2.53. The zero-order valence-corrected chi connectivity index (χ0v) is 20.7. The molecule has 0 amide bonds. The van der Waals surface area contributed by atoms with Crippen LogP contribution < -0.4 is 10.1 Å². The highest BCUT2D eigenvalue weighted by Crippen LogP contribution is 2.55. The quantitative estimate of drug-likeness (QED) is 0.275. The Morgan fingerprint density at radius 2 is 2.00 bits per heavy atom. The maximum atomic E-state index is 11.1. The van der Waals surface area contributed by atoms with E-state index < -0.39 is 6.10 Å². The highest BCUT2D eigenvalue weighted by Gasteiger charge is 2.47. The Balaban J connectivity index is 1.53. The van der Waals surface area contributed by atoms with E-state index in [-0.39, 0.29) is 34.8 Å². The van der Waals surface area contributed by atoms with E-state index in [2.05, 4.69) is 57.0 Å². The van der Waals surface area contributed by atoms with Crippen LogP contribution in [0.25, 0.3) is 0 Å². The molecule has 1 aromatic rings. The van der Waals surface area contributed by atoms with Gasteiger partial charge >= 0.3 is 0 Å². The van der Waals surface area contributed by atoms with Crippen LogP contribution in [0.2, 0.25) is 0 Å². The fraction of sp³-hybridized carbons (Fsp3) is 0.704. The number of aromatic hydroxyl groups is 1. The zero-order valence-electron chi connectivity index (χ0n) is 20.7. The first-order valence-electron chi connectivity index (χ1n) is 12.4. The lowest BCUT2D eigenvalue weighted by molar-refractivity contribution is -0.251. The molecule has 0 saturated heterocycles. The Hall–Kier alpha value is -1.60. The van der Waals surface area contributed by atoms with Crippen LogP contribution in [0.5, 0.6) is 11.5 Å². The Morgan fingerprint density at radius 1 is 1.24 bits per heavy atom. The van der Waals surface area contributed by atoms with Crippen molar-refractivity contribution in [3.05, 3.63) is 34.9 Å². The molecule has 6 nitrogen and oxygen atoms in total. The third-order valence-corrected chi connectivity index (χ3v) is 8.15. The average Bonchev–Trinajstić information content (AvgIpc) is 3.17. The monoisotopic (exact) mass is 459 g/mol. The number of allylic oxidation sites excluding steroid dienone is 1. The van der Waals surface area contributed by atoms with Gasteiger partial charge in [-0.1, -0.05) is 33.3 Å². The van der Waals surface area contributed by atoms with E-state index in [9.17, 15) is 10.2 Å². The van der Waals surface area contributed by atoms with Gasteiger partial charge in [0.25, 0.3) is 0 Å². The van der Waals surface area contributed by atoms with Gasteiger partial charge in [0.1, 0.15) is 17.1 Å². The smallest absolute Gasteiger partial charge is 0.127 e. The second-order valence-electron chi connectivity index (χ2n) is 11.8. The molecule has 0 bridgehead atoms. The van der Waals surface area contributed by atoms with E-state index in [1.165, 1.54) is 0 Å². The average molecular weight is 460 g/mol. The summed E-state index contributed by atoms with van der Waals surface area (Å²) in [4.78, 5) is 4.38. The van der Waals surface area contributed by atoms with Crippen LogP contribution in [0, 0.1) is 11.8 Å². The summed E-state index contributed by atoms with van der Waals surface area (Å²) in [5.74, 6) is 1.70. The Labute approximate surface area is 197 Å². The molecule has 1 aromatic carbocycles. The minimum atomic E-state index is -0.576. The molecule has 2 aliphatic carbocycles. The second kappa shape index (κ2) is 9.21. The summed E-state index contributed by atoms with van der Waals surface area (Å²) in [7, 11) is 0. The molecule has 3 aliphatic rings. The number of rotatable bonds is 6. The minimum absolute atomic E-state index is 0.0878. The van der Waals surface area contributed by atoms with Gasteiger partial charge in [0.05, 0.1) is 12.7 Å². The Morgan fingerprint density at radius 3 is 2.70 bits per heavy atom. The molecule has 0 radical (unpaired) electrons. The SMILES string of the molecule is CC(C)(C)c1cc(O)c2c(c1)OC(C)(C)[C@@H]1CC=C(C(O)CN[C@H]3CCC[C@H]3COO)C[C@@H]21. The molecule has 0 aromatic heterocycles. The lowest BCUT2D eigenvalue weighted by atomic mass is 9.66. The van der Waals surface area contributed by atoms with Crippen molar-refractivity contribution in [2.45, 2.75) is 95.8 Å². The van der Waals surface area contributed by atoms with Crippen LogP contribution in [-0.2, 0) is 10.3 Å². The van der Waals surface area contributed by atoms with E-state index >= 15 is 0 Å². The van der Waals surface area contributed by atoms with Gasteiger partial charge in [-0.05, 0) is 68.2 Å². The summed E-state index contributed by atoms with van der Waals surface area (Å²) < 4.78 is 6.45. The number of aliphatic hydroxyl groups excluding tert-OH is 1. The first-order chi connectivity index (χ1) is 15.5. The van der Waals surface area contributed by atoms with Crippen molar-refractivity contribution in [3.63, 3.8) is 0 Å². The van der Waals surface area contributed by atoms with Crippen molar-refractivity contribution in [2.75, 3.05) is 13.2 Å². The molecule has 1 unspecified atom stereocenters. The van der Waals surface area contributed by atoms with Gasteiger partial charge in [0, 0.05) is 35.9 Å². The number of fused-ring (bicyclic) bond motifs is 3. The zero-order chi connectivity index (χ0) is 24.0. The second-order valence-corrected chi connectivity index (χ2v) is 11.8. The fourth-order valence-electron chi connectivity index (χ4n) is 6.12. The summed E-state index contributed by atoms with van der Waals surface area (Å²) in [5, 5.41) is 34.4. The topological polar surface area (TPSA) is 91.2 Å². The highest BCUT2D eigenvalue weighted by molar-refractivity contribution is 5.54. The molecule has 4 N–H and O–H groups in total. The molecule has 184 valence electrons. The van der Waals surface area contributed by atoms with Crippen molar-refractivity contribution in [1.29, 1.82) is 0 Å². The molecular formula is C27H41NO5. The molecule has 1 aliphatic heterocycles. The van der Waals surface area contributed by atoms with Gasteiger partial charge in [-0.25, -0.2) is 4.89 Å². The highest BCUT2D eigenvalue weighted by atomic mass is 17.1. The maximum Gasteiger partial charge on any atom is 0.127 e. The van der Waals surface area contributed by atoms with Crippen molar-refractivity contribution in [2.24, 2.45) is 11.8 Å². The van der Waals surface area contributed by atoms with Gasteiger partial charge in [-0.3, -0.25) is 5.26 Å². The molecule has 5 atom stereocenters. The standard InChI is InChI=1S/C27H41NO5/c1-26(2,3)18-12-22(29)25-19-11-16(9-10-20(19)27(4,5)33-24(25)13-18)23(30)14-28-21-8-6-7-17(21)15-32-31/h9,12-13,17,19-21,23,28-31H,6-8,10-11,14-15H2,1-5H3/t17-,19+,20+,21-,23?/m0/s1. The van der Waals surface area contributed by atoms with Crippen LogP contribution in [0.3, 0.4) is 0 Å². The number of hydrogen-bond acceptors (Lipinski definition) is 6. The van der Waals surface area contributed by atoms with Crippen molar-refractivity contribution in [1.82, 2.24) is 5.32 Å². The van der Waals surface area contributed by atoms with E-state index in [0.717, 1.165) is 48.1 Å². The van der Waals surface area contributed by atoms with Crippen LogP contribution in [0.1, 0.15) is 83.8 Å². The van der Waals surface area contributed by atoms with Crippen LogP contribution in [0.4, 0.5) is 0 Å². The van der Waals surface area contributed by atoms with E-state index in [0.29, 0.717) is 25.3 Å². The number of ether oxygens (including phenoxy) is 1. The number of aliphatic hydroxyl groups is 1. The van der Waals surface area contributed by atoms with Crippen molar-refractivity contribution >= 4 is 0 Å². The molecule has 1 fully saturated rings. The van der Waals surface area contributed by atoms with E-state index in [1.807, 2.05) is 6.07 Å². The van der Waals surface area contributed by atoms with Gasteiger partial charge in [-0.2, -0.15) is 0 Å². The third-order valence-electron chi connectivity index (χ3n) is 8.15. The van der Waals surface area contributed by atoms with Gasteiger partial charge < -0.3 is 20.3 Å². The first kappa shape index (κ1) is 24.5. The molecular weight excluding hydrogens is 418 g/mol. The molecule has 4 rings (SSSR count). The molecule has 1 heterocycles. The number of hydrogen-bond donors (Lipinski definition) is 4. The van der Waals surface area contributed by atoms with Gasteiger partial charge in [-0.15, -0.1) is 0 Å². The van der Waals surface area contributed by atoms with Crippen LogP contribution >= 0.6 is 0 Å². The lowest BCUT2D eigenvalue weighted by Crippen LogP contribution is -2.46. The van der Waals surface area contributed by atoms with Gasteiger partial charge in [0.2, 0.25) is 0 Å². The van der Waals surface area contributed by atoms with E-state index in [1.54, 1.807) is 0 Å². The molecule has 0 spiro atoms. The van der Waals surface area contributed by atoms with Gasteiger partial charge in [0.15, 0.2) is 0 Å². The summed E-state index contributed by atoms with van der Waals surface area (Å²) in [6.07, 6.45) is 6.30. The fourth-order valence-corrected chi connectivity index (χ4v) is 6.12. The van der Waals surface area contributed by atoms with Crippen molar-refractivity contribution in [3.8, 4) is 11.5 Å². The lowest BCUT2D eigenvalue weighted by Gasteiger charge is -2.47. The van der Waals surface area contributed by atoms with Crippen molar-refractivity contribution < 1.29 is 25.1 Å². The number of phenolic OH excluding ortho intramolecular Hbond substituents is 1. The molecule has 33 heavy (non-hydrogen) atoms. The maximum absolute atomic E-state index is 11.1. The first-order valence-corrected chi connectivity index (χ1v) is 12.4. The normalized spacial score (nSPS) is 29.6. The Bertz CT molecular complexity index is 887. The number of nitrogens with one attached hydrogen (secondary N) is 1. The summed E-state index contributed by atoms with van der Waals surface area (Å²) in [6.45, 7) is 11.5. The largest absolute Gasteiger partial charge is 0.508 e. The van der Waals surface area contributed by atoms with Crippen LogP contribution in [0.15, 0.2) is 23.8 Å². The predicted molar refractivity (Wildman–Crippen MR) is 129 cm³/mol. The summed E-state index contributed by atoms with van der Waals surface area (Å²) >= 11 is 0. The number of phenols is 1. The molecule has 6 heteroatoms. The molecule has 1 saturated carbocycles. The van der Waals surface area contributed by atoms with Crippen LogP contribution in [-0.4, -0.2) is 46.4 Å². The van der Waals surface area contributed by atoms with E-state index in [4.69, 9.17) is 9.99 Å². The number of benzene rings is 1.